The van der Waals surface area contributed by atoms with Gasteiger partial charge >= 0.3 is 0 Å². The molecule has 6 nitrogen and oxygen atoms in total. The van der Waals surface area contributed by atoms with Crippen molar-refractivity contribution < 1.29 is 18.3 Å². The van der Waals surface area contributed by atoms with Gasteiger partial charge in [-0.15, -0.1) is 0 Å². The number of hydrogen-bond acceptors (Lipinski definition) is 4. The fraction of sp³-hybridized carbons (Fsp3) is 0.235. The average Bonchev–Trinajstić information content (AvgIpc) is 2.53. The number of aromatic hydroxyl groups is 1. The number of fused-ring (bicyclic) bond motifs is 1. The van der Waals surface area contributed by atoms with Crippen LogP contribution in [0.3, 0.4) is 0 Å². The number of benzene rings is 2. The van der Waals surface area contributed by atoms with Gasteiger partial charge in [-0.1, -0.05) is 6.07 Å². The van der Waals surface area contributed by atoms with Crippen molar-refractivity contribution in [3.63, 3.8) is 0 Å². The van der Waals surface area contributed by atoms with Gasteiger partial charge in [-0.3, -0.25) is 4.79 Å². The topological polar surface area (TPSA) is 109 Å². The van der Waals surface area contributed by atoms with E-state index in [0.29, 0.717) is 5.69 Å². The third kappa shape index (κ3) is 3.42. The van der Waals surface area contributed by atoms with E-state index in [4.69, 9.17) is 5.14 Å². The Labute approximate surface area is 140 Å². The predicted octanol–water partition coefficient (Wildman–Crippen LogP) is 2.17. The number of anilines is 1. The Balaban J connectivity index is 1.88. The van der Waals surface area contributed by atoms with Crippen molar-refractivity contribution in [3.8, 4) is 5.75 Å². The summed E-state index contributed by atoms with van der Waals surface area (Å²) in [6, 6.07) is 9.03. The molecular formula is C17H18N2O4S. The zero-order valence-electron chi connectivity index (χ0n) is 13.0. The monoisotopic (exact) mass is 346 g/mol. The van der Waals surface area contributed by atoms with Crippen LogP contribution in [0.4, 0.5) is 5.69 Å². The van der Waals surface area contributed by atoms with Crippen molar-refractivity contribution in [1.82, 2.24) is 0 Å². The van der Waals surface area contributed by atoms with E-state index >= 15 is 0 Å². The number of nitrogens with two attached hydrogens (primary N) is 1. The van der Waals surface area contributed by atoms with E-state index in [1.165, 1.54) is 18.2 Å². The summed E-state index contributed by atoms with van der Waals surface area (Å²) >= 11 is 0. The van der Waals surface area contributed by atoms with Crippen molar-refractivity contribution in [2.45, 2.75) is 30.6 Å². The van der Waals surface area contributed by atoms with Crippen molar-refractivity contribution in [2.24, 2.45) is 5.14 Å². The Bertz CT molecular complexity index is 907. The van der Waals surface area contributed by atoms with Crippen LogP contribution in [-0.4, -0.2) is 19.4 Å². The van der Waals surface area contributed by atoms with Gasteiger partial charge in [0, 0.05) is 5.69 Å². The van der Waals surface area contributed by atoms with Crippen LogP contribution in [0.15, 0.2) is 41.3 Å². The molecular weight excluding hydrogens is 328 g/mol. The van der Waals surface area contributed by atoms with Crippen LogP contribution in [0.5, 0.6) is 5.75 Å². The number of nitrogens with one attached hydrogen (secondary N) is 1. The number of aryl methyl sites for hydroxylation is 2. The van der Waals surface area contributed by atoms with E-state index in [9.17, 15) is 18.3 Å². The summed E-state index contributed by atoms with van der Waals surface area (Å²) in [5.41, 5.74) is 2.62. The van der Waals surface area contributed by atoms with Gasteiger partial charge in [0.25, 0.3) is 5.91 Å². The zero-order valence-corrected chi connectivity index (χ0v) is 13.8. The molecule has 0 bridgehead atoms. The lowest BCUT2D eigenvalue weighted by atomic mass is 9.90. The molecule has 24 heavy (non-hydrogen) atoms. The molecule has 2 aromatic rings. The molecule has 0 fully saturated rings. The molecule has 0 aliphatic heterocycles. The van der Waals surface area contributed by atoms with E-state index in [1.54, 1.807) is 18.2 Å². The number of phenolic OH excluding ortho intramolecular Hbond substituents is 1. The van der Waals surface area contributed by atoms with Gasteiger partial charge in [0.1, 0.15) is 5.75 Å². The van der Waals surface area contributed by atoms with Crippen LogP contribution < -0.4 is 10.5 Å². The van der Waals surface area contributed by atoms with Gasteiger partial charge < -0.3 is 10.4 Å². The molecule has 0 atom stereocenters. The highest BCUT2D eigenvalue weighted by atomic mass is 32.2. The summed E-state index contributed by atoms with van der Waals surface area (Å²) in [5, 5.41) is 17.8. The highest BCUT2D eigenvalue weighted by molar-refractivity contribution is 7.89. The Morgan fingerprint density at radius 1 is 1.08 bits per heavy atom. The first-order valence-corrected chi connectivity index (χ1v) is 9.18. The third-order valence-electron chi connectivity index (χ3n) is 4.13. The molecule has 0 radical (unpaired) electrons. The number of hydrogen-bond donors (Lipinski definition) is 3. The lowest BCUT2D eigenvalue weighted by molar-refractivity contribution is 0.102. The molecule has 0 unspecified atom stereocenters. The molecule has 7 heteroatoms. The molecule has 1 aliphatic carbocycles. The Kier molecular flexibility index (Phi) is 4.29. The second-order valence-electron chi connectivity index (χ2n) is 5.87. The smallest absolute Gasteiger partial charge is 0.259 e. The van der Waals surface area contributed by atoms with Crippen LogP contribution in [-0.2, 0) is 22.9 Å². The van der Waals surface area contributed by atoms with Crippen molar-refractivity contribution in [2.75, 3.05) is 5.32 Å². The van der Waals surface area contributed by atoms with Crippen molar-refractivity contribution >= 4 is 21.6 Å². The molecule has 4 N–H and O–H groups in total. The minimum Gasteiger partial charge on any atom is -0.507 e. The number of carbonyl (C=O) groups is 1. The minimum absolute atomic E-state index is 0.0734. The number of rotatable bonds is 3. The van der Waals surface area contributed by atoms with Gasteiger partial charge in [0.05, 0.1) is 10.5 Å². The highest BCUT2D eigenvalue weighted by Gasteiger charge is 2.18. The lowest BCUT2D eigenvalue weighted by Crippen LogP contribution is -2.16. The van der Waals surface area contributed by atoms with Crippen LogP contribution in [0.25, 0.3) is 0 Å². The van der Waals surface area contributed by atoms with Gasteiger partial charge in [0.15, 0.2) is 0 Å². The largest absolute Gasteiger partial charge is 0.507 e. The lowest BCUT2D eigenvalue weighted by Gasteiger charge is -2.17. The summed E-state index contributed by atoms with van der Waals surface area (Å²) in [6.45, 7) is 0. The summed E-state index contributed by atoms with van der Waals surface area (Å²) in [7, 11) is -3.85. The summed E-state index contributed by atoms with van der Waals surface area (Å²) in [6.07, 6.45) is 3.94. The maximum absolute atomic E-state index is 12.4. The average molecular weight is 346 g/mol. The number of carbonyl (C=O) groups excluding carboxylic acids is 1. The van der Waals surface area contributed by atoms with Crippen molar-refractivity contribution in [3.05, 3.63) is 53.1 Å². The van der Waals surface area contributed by atoms with E-state index < -0.39 is 15.9 Å². The number of phenols is 1. The first kappa shape index (κ1) is 16.5. The third-order valence-corrected chi connectivity index (χ3v) is 5.04. The molecule has 0 heterocycles. The van der Waals surface area contributed by atoms with Crippen LogP contribution in [0, 0.1) is 0 Å². The first-order chi connectivity index (χ1) is 11.3. The van der Waals surface area contributed by atoms with Crippen LogP contribution >= 0.6 is 0 Å². The standard InChI is InChI=1S/C17H18N2O4S/c18-24(22,23)14-7-3-6-13(10-14)19-17(21)15-8-11-4-1-2-5-12(11)9-16(15)20/h3,6-10,20H,1-2,4-5H2,(H,19,21)(H2,18,22,23). The number of primary sulfonamides is 1. The molecule has 2 aromatic carbocycles. The van der Waals surface area contributed by atoms with Gasteiger partial charge in [-0.2, -0.15) is 0 Å². The number of amides is 1. The van der Waals surface area contributed by atoms with E-state index in [0.717, 1.165) is 36.8 Å². The minimum atomic E-state index is -3.85. The Hall–Kier alpha value is -2.38. The summed E-state index contributed by atoms with van der Waals surface area (Å²) in [5.74, 6) is -0.566. The summed E-state index contributed by atoms with van der Waals surface area (Å²) in [4.78, 5) is 12.3. The molecule has 0 spiro atoms. The molecule has 3 rings (SSSR count). The summed E-state index contributed by atoms with van der Waals surface area (Å²) < 4.78 is 22.8. The van der Waals surface area contributed by atoms with Crippen LogP contribution in [0.1, 0.15) is 34.3 Å². The maximum atomic E-state index is 12.4. The predicted molar refractivity (Wildman–Crippen MR) is 90.5 cm³/mol. The van der Waals surface area contributed by atoms with E-state index in [-0.39, 0.29) is 16.2 Å². The van der Waals surface area contributed by atoms with Gasteiger partial charge in [-0.05, 0) is 67.1 Å². The fourth-order valence-corrected chi connectivity index (χ4v) is 3.46. The Morgan fingerprint density at radius 3 is 2.42 bits per heavy atom. The quantitative estimate of drug-likeness (QED) is 0.791. The molecule has 0 saturated carbocycles. The fourth-order valence-electron chi connectivity index (χ4n) is 2.90. The number of sulfonamides is 1. The maximum Gasteiger partial charge on any atom is 0.259 e. The Morgan fingerprint density at radius 2 is 1.75 bits per heavy atom. The molecule has 0 aromatic heterocycles. The SMILES string of the molecule is NS(=O)(=O)c1cccc(NC(=O)c2cc3c(cc2O)CCCC3)c1. The highest BCUT2D eigenvalue weighted by Crippen LogP contribution is 2.29. The molecule has 0 saturated heterocycles. The first-order valence-electron chi connectivity index (χ1n) is 7.63. The molecule has 1 amide bonds. The van der Waals surface area contributed by atoms with E-state index in [2.05, 4.69) is 5.32 Å². The normalized spacial score (nSPS) is 14.0. The van der Waals surface area contributed by atoms with Crippen molar-refractivity contribution in [1.29, 1.82) is 0 Å². The molecule has 1 aliphatic rings. The van der Waals surface area contributed by atoms with Gasteiger partial charge in [-0.25, -0.2) is 13.6 Å². The second-order valence-corrected chi connectivity index (χ2v) is 7.43. The van der Waals surface area contributed by atoms with E-state index in [1.807, 2.05) is 0 Å². The van der Waals surface area contributed by atoms with Gasteiger partial charge in [0.2, 0.25) is 10.0 Å². The molecule has 126 valence electrons. The van der Waals surface area contributed by atoms with Crippen LogP contribution in [0.2, 0.25) is 0 Å². The second kappa shape index (κ2) is 6.26. The zero-order chi connectivity index (χ0) is 17.3.